The number of benzene rings is 1. The van der Waals surface area contributed by atoms with Crippen LogP contribution in [0.15, 0.2) is 36.4 Å². The number of β-amino-alcohol motifs (C(OH)–C–C–N with tert-alkyl or cyclic N) is 1. The Kier molecular flexibility index (Phi) is 10.9. The minimum Gasteiger partial charge on any atom is -0.489 e. The second-order valence-corrected chi connectivity index (χ2v) is 8.12. The van der Waals surface area contributed by atoms with Gasteiger partial charge in [-0.05, 0) is 31.4 Å². The molecule has 11 heteroatoms. The van der Waals surface area contributed by atoms with E-state index in [4.69, 9.17) is 26.6 Å². The number of nitrogens with zero attached hydrogens (tertiary/aromatic N) is 2. The summed E-state index contributed by atoms with van der Waals surface area (Å²) in [6, 6.07) is 7.65. The molecule has 2 aliphatic heterocycles. The lowest BCUT2D eigenvalue weighted by Gasteiger charge is -2.40. The summed E-state index contributed by atoms with van der Waals surface area (Å²) in [4.78, 5) is 35.2. The number of carboxylic acid groups (broad SMARTS) is 2. The van der Waals surface area contributed by atoms with Gasteiger partial charge in [-0.15, -0.1) is 0 Å². The molecule has 2 heterocycles. The topological polar surface area (TPSA) is 140 Å². The summed E-state index contributed by atoms with van der Waals surface area (Å²) >= 11 is 6.05. The van der Waals surface area contributed by atoms with Crippen molar-refractivity contribution >= 4 is 29.6 Å². The summed E-state index contributed by atoms with van der Waals surface area (Å²) in [5, 5.41) is 29.3. The number of ether oxygens (including phenoxy) is 1. The highest BCUT2D eigenvalue weighted by molar-refractivity contribution is 6.32. The number of para-hydroxylation sites is 1. The molecule has 2 amide bonds. The predicted molar refractivity (Wildman–Crippen MR) is 122 cm³/mol. The minimum atomic E-state index is -1.26. The molecule has 1 aromatic rings. The minimum absolute atomic E-state index is 0.0675. The summed E-state index contributed by atoms with van der Waals surface area (Å²) in [5.74, 6) is -1.92. The van der Waals surface area contributed by atoms with Crippen LogP contribution in [0.2, 0.25) is 5.02 Å². The second-order valence-electron chi connectivity index (χ2n) is 7.72. The number of aliphatic carboxylic acids is 2. The zero-order valence-electron chi connectivity index (χ0n) is 18.2. The van der Waals surface area contributed by atoms with E-state index >= 15 is 0 Å². The number of aliphatic hydroxyl groups is 1. The standard InChI is InChI=1S/C18H26ClN3O3.C4H4O4/c19-16-4-1-2-5-17(16)25-13-15(23)12-21-10-6-14(7-11-21)22-9-3-8-20-18(22)24;5-3(6)1-2-4(7)8/h1-2,4-5,14-15,23H,3,6-13H2,(H,20,24);1-2H,(H,5,6)(H,7,8). The Morgan fingerprint density at radius 3 is 2.36 bits per heavy atom. The molecule has 3 rings (SSSR count). The van der Waals surface area contributed by atoms with E-state index in [1.165, 1.54) is 0 Å². The zero-order valence-corrected chi connectivity index (χ0v) is 19.0. The van der Waals surface area contributed by atoms with Crippen molar-refractivity contribution in [3.05, 3.63) is 41.4 Å². The highest BCUT2D eigenvalue weighted by Gasteiger charge is 2.29. The van der Waals surface area contributed by atoms with Crippen LogP contribution in [0.25, 0.3) is 0 Å². The number of aliphatic hydroxyl groups excluding tert-OH is 1. The van der Waals surface area contributed by atoms with Gasteiger partial charge < -0.3 is 35.2 Å². The Labute approximate surface area is 197 Å². The van der Waals surface area contributed by atoms with Crippen molar-refractivity contribution in [2.75, 3.05) is 39.3 Å². The Morgan fingerprint density at radius 1 is 1.15 bits per heavy atom. The first-order chi connectivity index (χ1) is 15.8. The molecule has 33 heavy (non-hydrogen) atoms. The first kappa shape index (κ1) is 26.4. The van der Waals surface area contributed by atoms with Gasteiger partial charge in [-0.2, -0.15) is 0 Å². The van der Waals surface area contributed by atoms with Gasteiger partial charge in [0, 0.05) is 50.9 Å². The fraction of sp³-hybridized carbons (Fsp3) is 0.500. The quantitative estimate of drug-likeness (QED) is 0.409. The highest BCUT2D eigenvalue weighted by atomic mass is 35.5. The summed E-state index contributed by atoms with van der Waals surface area (Å²) in [6.07, 6.45) is 3.47. The zero-order chi connectivity index (χ0) is 24.2. The SMILES string of the molecule is O=C(O)C=CC(=O)O.O=C1NCCCN1C1CCN(CC(O)COc2ccccc2Cl)CC1. The normalized spacial score (nSPS) is 18.2. The molecular weight excluding hydrogens is 454 g/mol. The molecule has 0 saturated carbocycles. The lowest BCUT2D eigenvalue weighted by Crippen LogP contribution is -2.54. The van der Waals surface area contributed by atoms with Crippen molar-refractivity contribution in [2.45, 2.75) is 31.4 Å². The molecule has 4 N–H and O–H groups in total. The van der Waals surface area contributed by atoms with Crippen LogP contribution in [-0.2, 0) is 9.59 Å². The van der Waals surface area contributed by atoms with E-state index in [0.29, 0.717) is 35.5 Å². The number of carbonyl (C=O) groups is 3. The van der Waals surface area contributed by atoms with Crippen LogP contribution in [0.4, 0.5) is 4.79 Å². The van der Waals surface area contributed by atoms with Crippen molar-refractivity contribution in [1.29, 1.82) is 0 Å². The fourth-order valence-electron chi connectivity index (χ4n) is 3.65. The van der Waals surface area contributed by atoms with E-state index in [1.807, 2.05) is 17.0 Å². The van der Waals surface area contributed by atoms with Gasteiger partial charge in [0.2, 0.25) is 0 Å². The third-order valence-corrected chi connectivity index (χ3v) is 5.53. The van der Waals surface area contributed by atoms with Gasteiger partial charge in [0.15, 0.2) is 0 Å². The number of likely N-dealkylation sites (tertiary alicyclic amines) is 1. The smallest absolute Gasteiger partial charge is 0.328 e. The van der Waals surface area contributed by atoms with Gasteiger partial charge in [-0.25, -0.2) is 14.4 Å². The number of carbonyl (C=O) groups excluding carboxylic acids is 1. The monoisotopic (exact) mass is 483 g/mol. The van der Waals surface area contributed by atoms with Crippen LogP contribution in [0.3, 0.4) is 0 Å². The van der Waals surface area contributed by atoms with Crippen LogP contribution in [0.1, 0.15) is 19.3 Å². The molecule has 0 aliphatic carbocycles. The third kappa shape index (κ3) is 9.68. The van der Waals surface area contributed by atoms with Crippen molar-refractivity contribution in [1.82, 2.24) is 15.1 Å². The first-order valence-corrected chi connectivity index (χ1v) is 11.1. The number of urea groups is 1. The molecule has 0 spiro atoms. The Hall–Kier alpha value is -2.82. The maximum Gasteiger partial charge on any atom is 0.328 e. The van der Waals surface area contributed by atoms with Crippen LogP contribution in [0, 0.1) is 0 Å². The van der Waals surface area contributed by atoms with E-state index in [-0.39, 0.29) is 12.6 Å². The maximum atomic E-state index is 11.9. The van der Waals surface area contributed by atoms with Crippen molar-refractivity contribution in [3.8, 4) is 5.75 Å². The third-order valence-electron chi connectivity index (χ3n) is 5.22. The van der Waals surface area contributed by atoms with Gasteiger partial charge in [0.1, 0.15) is 18.5 Å². The first-order valence-electron chi connectivity index (χ1n) is 10.7. The van der Waals surface area contributed by atoms with E-state index in [1.54, 1.807) is 12.1 Å². The van der Waals surface area contributed by atoms with E-state index in [9.17, 15) is 19.5 Å². The Morgan fingerprint density at radius 2 is 1.79 bits per heavy atom. The number of halogens is 1. The van der Waals surface area contributed by atoms with Crippen molar-refractivity contribution in [2.24, 2.45) is 0 Å². The Balaban J connectivity index is 0.000000414. The number of hydrogen-bond acceptors (Lipinski definition) is 6. The molecule has 1 aromatic carbocycles. The van der Waals surface area contributed by atoms with Gasteiger partial charge in [0.05, 0.1) is 5.02 Å². The van der Waals surface area contributed by atoms with Crippen molar-refractivity contribution < 1.29 is 34.4 Å². The fourth-order valence-corrected chi connectivity index (χ4v) is 3.84. The predicted octanol–water partition coefficient (Wildman–Crippen LogP) is 1.67. The number of hydrogen-bond donors (Lipinski definition) is 4. The number of piperidine rings is 1. The molecular formula is C22H30ClN3O7. The number of nitrogens with one attached hydrogen (secondary N) is 1. The molecule has 1 unspecified atom stereocenters. The number of carboxylic acids is 2. The maximum absolute atomic E-state index is 11.9. The molecule has 0 aromatic heterocycles. The van der Waals surface area contributed by atoms with E-state index in [2.05, 4.69) is 10.2 Å². The Bertz CT molecular complexity index is 812. The number of amides is 2. The second kappa shape index (κ2) is 13.7. The molecule has 0 radical (unpaired) electrons. The molecule has 0 bridgehead atoms. The molecule has 10 nitrogen and oxygen atoms in total. The number of rotatable bonds is 8. The van der Waals surface area contributed by atoms with Crippen LogP contribution in [-0.4, -0.2) is 94.6 Å². The lowest BCUT2D eigenvalue weighted by atomic mass is 10.0. The molecule has 2 aliphatic rings. The van der Waals surface area contributed by atoms with Crippen LogP contribution in [0.5, 0.6) is 5.75 Å². The van der Waals surface area contributed by atoms with Crippen molar-refractivity contribution in [3.63, 3.8) is 0 Å². The largest absolute Gasteiger partial charge is 0.489 e. The van der Waals surface area contributed by atoms with Gasteiger partial charge in [-0.3, -0.25) is 0 Å². The summed E-state index contributed by atoms with van der Waals surface area (Å²) in [5.41, 5.74) is 0. The average Bonchev–Trinajstić information content (AvgIpc) is 2.79. The summed E-state index contributed by atoms with van der Waals surface area (Å²) in [7, 11) is 0. The summed E-state index contributed by atoms with van der Waals surface area (Å²) in [6.45, 7) is 4.20. The van der Waals surface area contributed by atoms with Crippen LogP contribution < -0.4 is 10.1 Å². The van der Waals surface area contributed by atoms with Gasteiger partial charge in [0.25, 0.3) is 0 Å². The lowest BCUT2D eigenvalue weighted by molar-refractivity contribution is -0.134. The van der Waals surface area contributed by atoms with Gasteiger partial charge in [-0.1, -0.05) is 23.7 Å². The van der Waals surface area contributed by atoms with Gasteiger partial charge >= 0.3 is 18.0 Å². The summed E-state index contributed by atoms with van der Waals surface area (Å²) < 4.78 is 5.60. The molecule has 1 atom stereocenters. The van der Waals surface area contributed by atoms with Crippen LogP contribution >= 0.6 is 11.6 Å². The van der Waals surface area contributed by atoms with E-state index < -0.39 is 18.0 Å². The molecule has 2 saturated heterocycles. The average molecular weight is 484 g/mol. The molecule has 182 valence electrons. The van der Waals surface area contributed by atoms with E-state index in [0.717, 1.165) is 45.4 Å². The molecule has 2 fully saturated rings. The highest BCUT2D eigenvalue weighted by Crippen LogP contribution is 2.23.